The first kappa shape index (κ1) is 11.5. The fraction of sp³-hybridized carbons (Fsp3) is 0.500. The van der Waals surface area contributed by atoms with Crippen molar-refractivity contribution in [3.63, 3.8) is 0 Å². The van der Waals surface area contributed by atoms with Gasteiger partial charge in [0.05, 0.1) is 5.60 Å². The summed E-state index contributed by atoms with van der Waals surface area (Å²) in [7, 11) is 0. The first-order valence-corrected chi connectivity index (χ1v) is 5.36. The van der Waals surface area contributed by atoms with Crippen molar-refractivity contribution in [1.82, 2.24) is 0 Å². The molecule has 2 unspecified atom stereocenters. The van der Waals surface area contributed by atoms with Crippen LogP contribution in [0.2, 0.25) is 0 Å². The van der Waals surface area contributed by atoms with Crippen LogP contribution >= 0.6 is 0 Å². The van der Waals surface area contributed by atoms with E-state index in [0.717, 1.165) is 12.5 Å². The van der Waals surface area contributed by atoms with E-state index < -0.39 is 17.2 Å². The summed E-state index contributed by atoms with van der Waals surface area (Å²) in [5.74, 6) is -1.15. The monoisotopic (exact) mass is 227 g/mol. The second-order valence-electron chi connectivity index (χ2n) is 4.46. The normalized spacial score (nSPS) is 30.4. The van der Waals surface area contributed by atoms with Gasteiger partial charge in [-0.2, -0.15) is 0 Å². The minimum Gasteiger partial charge on any atom is -0.370 e. The van der Waals surface area contributed by atoms with Crippen LogP contribution in [0.1, 0.15) is 25.3 Å². The SMILES string of the molecule is CC1(c2ccc(F)cc2F)CC(N)CCO1. The highest BCUT2D eigenvalue weighted by Crippen LogP contribution is 2.35. The maximum atomic E-state index is 13.6. The van der Waals surface area contributed by atoms with Gasteiger partial charge in [-0.05, 0) is 25.8 Å². The Kier molecular flexibility index (Phi) is 2.95. The highest BCUT2D eigenvalue weighted by atomic mass is 19.1. The lowest BCUT2D eigenvalue weighted by Gasteiger charge is -2.37. The number of benzene rings is 1. The molecule has 1 fully saturated rings. The summed E-state index contributed by atoms with van der Waals surface area (Å²) in [4.78, 5) is 0. The summed E-state index contributed by atoms with van der Waals surface area (Å²) in [6.07, 6.45) is 1.33. The van der Waals surface area contributed by atoms with E-state index in [9.17, 15) is 8.78 Å². The first-order valence-electron chi connectivity index (χ1n) is 5.36. The minimum absolute atomic E-state index is 0.00297. The van der Waals surface area contributed by atoms with Crippen molar-refractivity contribution in [2.45, 2.75) is 31.4 Å². The minimum atomic E-state index is -0.741. The molecule has 0 spiro atoms. The molecule has 1 aliphatic rings. The van der Waals surface area contributed by atoms with E-state index in [0.29, 0.717) is 18.6 Å². The zero-order chi connectivity index (χ0) is 11.8. The number of nitrogens with two attached hydrogens (primary N) is 1. The molecule has 1 aromatic carbocycles. The average molecular weight is 227 g/mol. The van der Waals surface area contributed by atoms with Gasteiger partial charge in [-0.3, -0.25) is 0 Å². The second-order valence-corrected chi connectivity index (χ2v) is 4.46. The van der Waals surface area contributed by atoms with Crippen molar-refractivity contribution in [2.75, 3.05) is 6.61 Å². The Hall–Kier alpha value is -1.00. The molecule has 2 atom stereocenters. The van der Waals surface area contributed by atoms with Crippen molar-refractivity contribution in [3.8, 4) is 0 Å². The van der Waals surface area contributed by atoms with E-state index in [1.165, 1.54) is 12.1 Å². The summed E-state index contributed by atoms with van der Waals surface area (Å²) in [5.41, 5.74) is 5.49. The number of halogens is 2. The maximum Gasteiger partial charge on any atom is 0.132 e. The number of ether oxygens (including phenoxy) is 1. The fourth-order valence-electron chi connectivity index (χ4n) is 2.20. The highest BCUT2D eigenvalue weighted by molar-refractivity contribution is 5.25. The van der Waals surface area contributed by atoms with Gasteiger partial charge in [-0.15, -0.1) is 0 Å². The molecule has 88 valence electrons. The Morgan fingerprint density at radius 3 is 2.81 bits per heavy atom. The van der Waals surface area contributed by atoms with Crippen LogP contribution in [-0.4, -0.2) is 12.6 Å². The van der Waals surface area contributed by atoms with E-state index in [1.807, 2.05) is 0 Å². The van der Waals surface area contributed by atoms with E-state index >= 15 is 0 Å². The number of hydrogen-bond donors (Lipinski definition) is 1. The third kappa shape index (κ3) is 2.08. The number of hydrogen-bond acceptors (Lipinski definition) is 2. The van der Waals surface area contributed by atoms with E-state index in [1.54, 1.807) is 6.92 Å². The van der Waals surface area contributed by atoms with Gasteiger partial charge < -0.3 is 10.5 Å². The molecule has 0 aromatic heterocycles. The summed E-state index contributed by atoms with van der Waals surface area (Å²) in [6.45, 7) is 2.30. The maximum absolute atomic E-state index is 13.6. The van der Waals surface area contributed by atoms with Crippen molar-refractivity contribution in [3.05, 3.63) is 35.4 Å². The Bertz CT molecular complexity index is 397. The lowest BCUT2D eigenvalue weighted by Crippen LogP contribution is -2.41. The molecule has 0 radical (unpaired) electrons. The van der Waals surface area contributed by atoms with Crippen LogP contribution in [0.4, 0.5) is 8.78 Å². The van der Waals surface area contributed by atoms with Crippen LogP contribution in [0.15, 0.2) is 18.2 Å². The van der Waals surface area contributed by atoms with Crippen LogP contribution in [0, 0.1) is 11.6 Å². The molecular formula is C12H15F2NO. The standard InChI is InChI=1S/C12H15F2NO/c1-12(7-9(15)4-5-16-12)10-3-2-8(13)6-11(10)14/h2-3,6,9H,4-5,7,15H2,1H3. The van der Waals surface area contributed by atoms with Gasteiger partial charge in [0.25, 0.3) is 0 Å². The van der Waals surface area contributed by atoms with Gasteiger partial charge in [0.15, 0.2) is 0 Å². The Morgan fingerprint density at radius 1 is 1.44 bits per heavy atom. The predicted octanol–water partition coefficient (Wildman–Crippen LogP) is 2.32. The van der Waals surface area contributed by atoms with E-state index in [2.05, 4.69) is 0 Å². The zero-order valence-corrected chi connectivity index (χ0v) is 9.17. The van der Waals surface area contributed by atoms with Crippen LogP contribution in [0.25, 0.3) is 0 Å². The first-order chi connectivity index (χ1) is 7.51. The Balaban J connectivity index is 2.34. The summed E-state index contributed by atoms with van der Waals surface area (Å²) >= 11 is 0. The fourth-order valence-corrected chi connectivity index (χ4v) is 2.20. The van der Waals surface area contributed by atoms with Crippen molar-refractivity contribution < 1.29 is 13.5 Å². The molecule has 1 heterocycles. The predicted molar refractivity (Wildman–Crippen MR) is 56.9 cm³/mol. The Morgan fingerprint density at radius 2 is 2.19 bits per heavy atom. The topological polar surface area (TPSA) is 35.2 Å². The molecule has 16 heavy (non-hydrogen) atoms. The van der Waals surface area contributed by atoms with Crippen molar-refractivity contribution in [1.29, 1.82) is 0 Å². The largest absolute Gasteiger partial charge is 0.370 e. The zero-order valence-electron chi connectivity index (χ0n) is 9.17. The van der Waals surface area contributed by atoms with E-state index in [-0.39, 0.29) is 6.04 Å². The molecule has 1 saturated heterocycles. The van der Waals surface area contributed by atoms with Crippen LogP contribution in [-0.2, 0) is 10.3 Å². The summed E-state index contributed by atoms with van der Waals surface area (Å²) in [5, 5.41) is 0. The van der Waals surface area contributed by atoms with Crippen molar-refractivity contribution >= 4 is 0 Å². The Labute approximate surface area is 93.4 Å². The van der Waals surface area contributed by atoms with Crippen LogP contribution in [0.5, 0.6) is 0 Å². The molecule has 2 rings (SSSR count). The molecule has 2 N–H and O–H groups in total. The summed E-state index contributed by atoms with van der Waals surface area (Å²) in [6, 6.07) is 3.56. The smallest absolute Gasteiger partial charge is 0.132 e. The number of rotatable bonds is 1. The van der Waals surface area contributed by atoms with Gasteiger partial charge in [0, 0.05) is 24.3 Å². The quantitative estimate of drug-likeness (QED) is 0.799. The summed E-state index contributed by atoms with van der Waals surface area (Å²) < 4.78 is 32.1. The molecular weight excluding hydrogens is 212 g/mol. The van der Waals surface area contributed by atoms with Crippen LogP contribution < -0.4 is 5.73 Å². The lowest BCUT2D eigenvalue weighted by molar-refractivity contribution is -0.0786. The molecule has 0 saturated carbocycles. The molecule has 0 amide bonds. The van der Waals surface area contributed by atoms with Gasteiger partial charge in [0.2, 0.25) is 0 Å². The second kappa shape index (κ2) is 4.11. The van der Waals surface area contributed by atoms with Gasteiger partial charge in [0.1, 0.15) is 11.6 Å². The molecule has 1 aromatic rings. The van der Waals surface area contributed by atoms with Crippen molar-refractivity contribution in [2.24, 2.45) is 5.73 Å². The molecule has 4 heteroatoms. The molecule has 1 aliphatic heterocycles. The molecule has 0 bridgehead atoms. The third-order valence-electron chi connectivity index (χ3n) is 3.06. The van der Waals surface area contributed by atoms with Gasteiger partial charge >= 0.3 is 0 Å². The lowest BCUT2D eigenvalue weighted by atomic mass is 9.86. The third-order valence-corrected chi connectivity index (χ3v) is 3.06. The highest BCUT2D eigenvalue weighted by Gasteiger charge is 2.35. The van der Waals surface area contributed by atoms with Crippen LogP contribution in [0.3, 0.4) is 0 Å². The molecule has 0 aliphatic carbocycles. The van der Waals surface area contributed by atoms with E-state index in [4.69, 9.17) is 10.5 Å². The average Bonchev–Trinajstić information content (AvgIpc) is 2.16. The molecule has 2 nitrogen and oxygen atoms in total. The van der Waals surface area contributed by atoms with Gasteiger partial charge in [-0.25, -0.2) is 8.78 Å². The van der Waals surface area contributed by atoms with Gasteiger partial charge in [-0.1, -0.05) is 6.07 Å².